The van der Waals surface area contributed by atoms with Gasteiger partial charge in [0.05, 0.1) is 6.04 Å². The molecule has 7 heteroatoms. The van der Waals surface area contributed by atoms with Crippen LogP contribution in [0.15, 0.2) is 48.5 Å². The molecular formula is C23H30N4O3. The second-order valence-electron chi connectivity index (χ2n) is 7.02. The third-order valence-corrected chi connectivity index (χ3v) is 4.73. The maximum absolute atomic E-state index is 12.9. The summed E-state index contributed by atoms with van der Waals surface area (Å²) in [7, 11) is 0. The van der Waals surface area contributed by atoms with Crippen LogP contribution in [0, 0.1) is 0 Å². The second-order valence-corrected chi connectivity index (χ2v) is 7.02. The van der Waals surface area contributed by atoms with Gasteiger partial charge in [0.2, 0.25) is 11.8 Å². The zero-order valence-corrected chi connectivity index (χ0v) is 18.0. The minimum absolute atomic E-state index is 0.0403. The van der Waals surface area contributed by atoms with Crippen molar-refractivity contribution in [2.45, 2.75) is 33.7 Å². The van der Waals surface area contributed by atoms with E-state index >= 15 is 0 Å². The molecule has 0 spiro atoms. The number of nitrogens with zero attached hydrogens (tertiary/aromatic N) is 1. The van der Waals surface area contributed by atoms with E-state index in [1.165, 1.54) is 13.8 Å². The Balaban J connectivity index is 2.23. The lowest BCUT2D eigenvalue weighted by Gasteiger charge is -2.30. The van der Waals surface area contributed by atoms with Crippen LogP contribution in [0.4, 0.5) is 11.4 Å². The summed E-state index contributed by atoms with van der Waals surface area (Å²) in [5.41, 5.74) is 2.38. The van der Waals surface area contributed by atoms with Crippen molar-refractivity contribution in [2.24, 2.45) is 0 Å². The van der Waals surface area contributed by atoms with Gasteiger partial charge in [0.1, 0.15) is 0 Å². The first-order valence-electron chi connectivity index (χ1n) is 10.1. The van der Waals surface area contributed by atoms with E-state index in [0.29, 0.717) is 23.5 Å². The molecule has 160 valence electrons. The first kappa shape index (κ1) is 23.1. The Morgan fingerprint density at radius 3 is 1.87 bits per heavy atom. The van der Waals surface area contributed by atoms with Crippen LogP contribution in [0.1, 0.15) is 49.7 Å². The smallest absolute Gasteiger partial charge is 0.251 e. The number of anilines is 2. The lowest BCUT2D eigenvalue weighted by atomic mass is 10.0. The number of carbonyl (C=O) groups is 3. The quantitative estimate of drug-likeness (QED) is 0.591. The topological polar surface area (TPSA) is 90.5 Å². The largest absolute Gasteiger partial charge is 0.350 e. The Morgan fingerprint density at radius 2 is 1.40 bits per heavy atom. The van der Waals surface area contributed by atoms with E-state index in [-0.39, 0.29) is 23.8 Å². The van der Waals surface area contributed by atoms with Crippen molar-refractivity contribution < 1.29 is 14.4 Å². The van der Waals surface area contributed by atoms with E-state index in [1.807, 2.05) is 18.2 Å². The Bertz CT molecular complexity index is 845. The molecule has 0 aliphatic heterocycles. The third-order valence-electron chi connectivity index (χ3n) is 4.73. The molecule has 0 fully saturated rings. The summed E-state index contributed by atoms with van der Waals surface area (Å²) in [5.74, 6) is -0.791. The van der Waals surface area contributed by atoms with E-state index in [1.54, 1.807) is 18.2 Å². The van der Waals surface area contributed by atoms with Gasteiger partial charge in [-0.2, -0.15) is 0 Å². The highest BCUT2D eigenvalue weighted by Crippen LogP contribution is 2.22. The van der Waals surface area contributed by atoms with Crippen LogP contribution in [-0.4, -0.2) is 42.3 Å². The predicted molar refractivity (Wildman–Crippen MR) is 119 cm³/mol. The maximum Gasteiger partial charge on any atom is 0.251 e. The van der Waals surface area contributed by atoms with Gasteiger partial charge in [0.15, 0.2) is 0 Å². The van der Waals surface area contributed by atoms with Gasteiger partial charge < -0.3 is 16.0 Å². The van der Waals surface area contributed by atoms with Crippen LogP contribution in [0.2, 0.25) is 0 Å². The molecule has 0 aromatic heterocycles. The average molecular weight is 411 g/mol. The number of amides is 3. The van der Waals surface area contributed by atoms with Crippen LogP contribution in [0.25, 0.3) is 0 Å². The summed E-state index contributed by atoms with van der Waals surface area (Å²) in [6.07, 6.45) is 0. The molecule has 0 aliphatic carbocycles. The summed E-state index contributed by atoms with van der Waals surface area (Å²) in [4.78, 5) is 38.1. The normalized spacial score (nSPS) is 11.6. The minimum atomic E-state index is -0.276. The number of carbonyl (C=O) groups excluding carboxylic acids is 3. The molecule has 0 heterocycles. The van der Waals surface area contributed by atoms with E-state index in [2.05, 4.69) is 46.8 Å². The SMILES string of the molecule is CCN(CC)C(CNC(=O)c1cc(NC(C)=O)cc(NC(C)=O)c1)c1ccccc1. The lowest BCUT2D eigenvalue weighted by molar-refractivity contribution is -0.115. The molecule has 2 aromatic carbocycles. The molecule has 0 bridgehead atoms. The van der Waals surface area contributed by atoms with Crippen molar-refractivity contribution in [1.82, 2.24) is 10.2 Å². The number of rotatable bonds is 9. The molecule has 1 atom stereocenters. The zero-order chi connectivity index (χ0) is 22.1. The van der Waals surface area contributed by atoms with Crippen molar-refractivity contribution in [3.63, 3.8) is 0 Å². The first-order chi connectivity index (χ1) is 14.3. The second kappa shape index (κ2) is 11.1. The van der Waals surface area contributed by atoms with Crippen LogP contribution in [0.5, 0.6) is 0 Å². The van der Waals surface area contributed by atoms with E-state index in [4.69, 9.17) is 0 Å². The van der Waals surface area contributed by atoms with Crippen LogP contribution < -0.4 is 16.0 Å². The summed E-state index contributed by atoms with van der Waals surface area (Å²) in [6.45, 7) is 9.12. The first-order valence-corrected chi connectivity index (χ1v) is 10.1. The lowest BCUT2D eigenvalue weighted by Crippen LogP contribution is -2.38. The number of hydrogen-bond donors (Lipinski definition) is 3. The Hall–Kier alpha value is -3.19. The molecule has 3 N–H and O–H groups in total. The number of nitrogens with one attached hydrogen (secondary N) is 3. The van der Waals surface area contributed by atoms with E-state index in [9.17, 15) is 14.4 Å². The Kier molecular flexibility index (Phi) is 8.55. The zero-order valence-electron chi connectivity index (χ0n) is 18.0. The highest BCUT2D eigenvalue weighted by Gasteiger charge is 2.19. The summed E-state index contributed by atoms with van der Waals surface area (Å²) >= 11 is 0. The minimum Gasteiger partial charge on any atom is -0.350 e. The molecule has 0 saturated carbocycles. The molecule has 1 unspecified atom stereocenters. The van der Waals surface area contributed by atoms with Gasteiger partial charge >= 0.3 is 0 Å². The molecule has 0 radical (unpaired) electrons. The molecule has 3 amide bonds. The van der Waals surface area contributed by atoms with Gasteiger partial charge in [-0.15, -0.1) is 0 Å². The number of likely N-dealkylation sites (N-methyl/N-ethyl adjacent to an activating group) is 1. The van der Waals surface area contributed by atoms with E-state index in [0.717, 1.165) is 18.7 Å². The van der Waals surface area contributed by atoms with Crippen LogP contribution >= 0.6 is 0 Å². The summed E-state index contributed by atoms with van der Waals surface area (Å²) in [6, 6.07) is 14.9. The van der Waals surface area contributed by atoms with Crippen molar-refractivity contribution in [2.75, 3.05) is 30.3 Å². The van der Waals surface area contributed by atoms with E-state index < -0.39 is 0 Å². The van der Waals surface area contributed by atoms with Crippen molar-refractivity contribution >= 4 is 29.1 Å². The van der Waals surface area contributed by atoms with Gasteiger partial charge in [0.25, 0.3) is 5.91 Å². The fraction of sp³-hybridized carbons (Fsp3) is 0.348. The van der Waals surface area contributed by atoms with Gasteiger partial charge in [-0.3, -0.25) is 19.3 Å². The predicted octanol–water partition coefficient (Wildman–Crippen LogP) is 3.42. The molecule has 7 nitrogen and oxygen atoms in total. The average Bonchev–Trinajstić information content (AvgIpc) is 2.70. The van der Waals surface area contributed by atoms with Gasteiger partial charge in [-0.1, -0.05) is 44.2 Å². The number of benzene rings is 2. The molecule has 2 rings (SSSR count). The van der Waals surface area contributed by atoms with Crippen LogP contribution in [0.3, 0.4) is 0 Å². The molecule has 0 saturated heterocycles. The molecule has 0 aliphatic rings. The summed E-state index contributed by atoms with van der Waals surface area (Å²) in [5, 5.41) is 8.33. The standard InChI is InChI=1S/C23H30N4O3/c1-5-27(6-2)22(18-10-8-7-9-11-18)15-24-23(30)19-12-20(25-16(3)28)14-21(13-19)26-17(4)29/h7-14,22H,5-6,15H2,1-4H3,(H,24,30)(H,25,28)(H,26,29). The molecular weight excluding hydrogens is 380 g/mol. The Morgan fingerprint density at radius 1 is 0.867 bits per heavy atom. The fourth-order valence-corrected chi connectivity index (χ4v) is 3.40. The van der Waals surface area contributed by atoms with Crippen molar-refractivity contribution in [3.8, 4) is 0 Å². The van der Waals surface area contributed by atoms with Gasteiger partial charge in [0, 0.05) is 37.3 Å². The van der Waals surface area contributed by atoms with Crippen LogP contribution in [-0.2, 0) is 9.59 Å². The highest BCUT2D eigenvalue weighted by atomic mass is 16.2. The van der Waals surface area contributed by atoms with Crippen molar-refractivity contribution in [3.05, 3.63) is 59.7 Å². The molecule has 2 aromatic rings. The maximum atomic E-state index is 12.9. The fourth-order valence-electron chi connectivity index (χ4n) is 3.40. The van der Waals surface area contributed by atoms with Gasteiger partial charge in [-0.25, -0.2) is 0 Å². The van der Waals surface area contributed by atoms with Gasteiger partial charge in [-0.05, 0) is 36.9 Å². The van der Waals surface area contributed by atoms with Crippen molar-refractivity contribution in [1.29, 1.82) is 0 Å². The monoisotopic (exact) mass is 410 g/mol. The third kappa shape index (κ3) is 6.70. The Labute approximate surface area is 177 Å². The molecule has 30 heavy (non-hydrogen) atoms. The highest BCUT2D eigenvalue weighted by molar-refractivity contribution is 5.99. The summed E-state index contributed by atoms with van der Waals surface area (Å²) < 4.78 is 0. The number of hydrogen-bond acceptors (Lipinski definition) is 4.